The number of amides is 3. The first-order valence-electron chi connectivity index (χ1n) is 11.2. The fourth-order valence-electron chi connectivity index (χ4n) is 3.55. The summed E-state index contributed by atoms with van der Waals surface area (Å²) in [7, 11) is 0. The zero-order chi connectivity index (χ0) is 26.3. The molecule has 0 unspecified atom stereocenters. The first-order valence-corrected chi connectivity index (χ1v) is 11.2. The molecule has 35 heavy (non-hydrogen) atoms. The van der Waals surface area contributed by atoms with E-state index < -0.39 is 41.2 Å². The smallest absolute Gasteiger partial charge is 0.413 e. The molecule has 1 saturated heterocycles. The summed E-state index contributed by atoms with van der Waals surface area (Å²) in [6, 6.07) is 0.975. The number of aryl methyl sites for hydroxylation is 1. The Morgan fingerprint density at radius 1 is 1.20 bits per heavy atom. The van der Waals surface area contributed by atoms with Gasteiger partial charge >= 0.3 is 17.9 Å². The van der Waals surface area contributed by atoms with Crippen molar-refractivity contribution in [2.24, 2.45) is 0 Å². The molecular weight excluding hydrogens is 458 g/mol. The maximum atomic E-state index is 13.9. The minimum atomic E-state index is -0.886. The number of halogens is 2. The van der Waals surface area contributed by atoms with Gasteiger partial charge in [-0.3, -0.25) is 14.9 Å². The van der Waals surface area contributed by atoms with E-state index >= 15 is 0 Å². The van der Waals surface area contributed by atoms with Crippen molar-refractivity contribution < 1.29 is 27.9 Å². The highest BCUT2D eigenvalue weighted by molar-refractivity contribution is 6.39. The molecule has 0 saturated carbocycles. The highest BCUT2D eigenvalue weighted by Gasteiger charge is 2.32. The number of allylic oxidation sites excluding steroid dienone is 3. The van der Waals surface area contributed by atoms with E-state index in [0.29, 0.717) is 24.9 Å². The number of likely N-dealkylation sites (tertiary alicyclic amines) is 1. The number of ether oxygens (including phenoxy) is 1. The Kier molecular flexibility index (Phi) is 9.27. The van der Waals surface area contributed by atoms with Crippen LogP contribution in [0.3, 0.4) is 0 Å². The first kappa shape index (κ1) is 27.7. The lowest BCUT2D eigenvalue weighted by atomic mass is 9.95. The molecule has 1 atom stereocenters. The average Bonchev–Trinajstić information content (AvgIpc) is 2.73. The largest absolute Gasteiger partial charge is 0.444 e. The number of anilines is 2. The van der Waals surface area contributed by atoms with Crippen LogP contribution >= 0.6 is 0 Å². The van der Waals surface area contributed by atoms with Crippen LogP contribution in [0.15, 0.2) is 48.2 Å². The van der Waals surface area contributed by atoms with Crippen molar-refractivity contribution in [3.63, 3.8) is 0 Å². The third-order valence-electron chi connectivity index (χ3n) is 5.00. The lowest BCUT2D eigenvalue weighted by Crippen LogP contribution is -2.48. The Hall–Kier alpha value is -3.56. The van der Waals surface area contributed by atoms with Crippen LogP contribution in [0.5, 0.6) is 0 Å². The van der Waals surface area contributed by atoms with Crippen molar-refractivity contribution in [2.45, 2.75) is 65.5 Å². The molecule has 1 aromatic rings. The number of carbonyl (C=O) groups excluding carboxylic acids is 3. The van der Waals surface area contributed by atoms with Crippen LogP contribution in [0.4, 0.5) is 25.1 Å². The standard InChI is InChI=1S/C25H32F2N4O4/c1-15(11-18(27)13-17(3)26)20-9-7-8-10-31(20)23(33)22(32)29-19-12-16(2)21(28-14-19)30-24(34)35-25(4,5)6/h11-14,20H,1,7-10H2,2-6H3,(H,29,32)(H,28,30,34)/b17-13+,18-11+/t20-/m0/s1. The molecule has 0 aliphatic carbocycles. The molecular formula is C25H32F2N4O4. The van der Waals surface area contributed by atoms with Crippen LogP contribution in [0, 0.1) is 6.92 Å². The van der Waals surface area contributed by atoms with E-state index in [4.69, 9.17) is 4.74 Å². The van der Waals surface area contributed by atoms with Crippen LogP contribution in [0.2, 0.25) is 0 Å². The van der Waals surface area contributed by atoms with E-state index in [1.165, 1.54) is 11.1 Å². The van der Waals surface area contributed by atoms with Gasteiger partial charge in [0.25, 0.3) is 0 Å². The maximum Gasteiger partial charge on any atom is 0.413 e. The molecule has 190 valence electrons. The summed E-state index contributed by atoms with van der Waals surface area (Å²) in [5, 5.41) is 5.04. The molecule has 1 aromatic heterocycles. The molecule has 10 heteroatoms. The molecule has 0 radical (unpaired) electrons. The Balaban J connectivity index is 2.09. The monoisotopic (exact) mass is 490 g/mol. The normalized spacial score (nSPS) is 17.0. The second-order valence-electron chi connectivity index (χ2n) is 9.32. The molecule has 2 rings (SSSR count). The van der Waals surface area contributed by atoms with Crippen LogP contribution in [0.25, 0.3) is 0 Å². The molecule has 8 nitrogen and oxygen atoms in total. The third kappa shape index (κ3) is 8.62. The van der Waals surface area contributed by atoms with Gasteiger partial charge < -0.3 is 15.0 Å². The second-order valence-corrected chi connectivity index (χ2v) is 9.32. The lowest BCUT2D eigenvalue weighted by molar-refractivity contribution is -0.145. The SMILES string of the molecule is C=C(/C=C(F)\C=C(/C)F)[C@@H]1CCCCN1C(=O)C(=O)Nc1cnc(NC(=O)OC(C)(C)C)c(C)c1. The number of nitrogens with one attached hydrogen (secondary N) is 2. The summed E-state index contributed by atoms with van der Waals surface area (Å²) >= 11 is 0. The number of nitrogens with zero attached hydrogens (tertiary/aromatic N) is 2. The van der Waals surface area contributed by atoms with Gasteiger partial charge in [-0.05, 0) is 77.2 Å². The van der Waals surface area contributed by atoms with Gasteiger partial charge in [-0.1, -0.05) is 6.58 Å². The minimum absolute atomic E-state index is 0.252. The van der Waals surface area contributed by atoms with Crippen LogP contribution in [-0.2, 0) is 14.3 Å². The molecule has 1 aliphatic heterocycles. The van der Waals surface area contributed by atoms with Gasteiger partial charge in [-0.2, -0.15) is 0 Å². The van der Waals surface area contributed by atoms with E-state index in [-0.39, 0.29) is 17.1 Å². The van der Waals surface area contributed by atoms with Crippen LogP contribution in [-0.4, -0.2) is 46.0 Å². The topological polar surface area (TPSA) is 101 Å². The number of pyridine rings is 1. The number of piperidine rings is 1. The van der Waals surface area contributed by atoms with E-state index in [9.17, 15) is 23.2 Å². The quantitative estimate of drug-likeness (QED) is 0.429. The number of hydrogen-bond donors (Lipinski definition) is 2. The van der Waals surface area contributed by atoms with Crippen molar-refractivity contribution in [1.82, 2.24) is 9.88 Å². The van der Waals surface area contributed by atoms with Crippen molar-refractivity contribution >= 4 is 29.4 Å². The minimum Gasteiger partial charge on any atom is -0.444 e. The number of rotatable bonds is 5. The fourth-order valence-corrected chi connectivity index (χ4v) is 3.55. The zero-order valence-electron chi connectivity index (χ0n) is 20.7. The number of hydrogen-bond acceptors (Lipinski definition) is 5. The fraction of sp³-hybridized carbons (Fsp3) is 0.440. The van der Waals surface area contributed by atoms with Gasteiger partial charge in [-0.15, -0.1) is 0 Å². The van der Waals surface area contributed by atoms with Crippen LogP contribution < -0.4 is 10.6 Å². The highest BCUT2D eigenvalue weighted by Crippen LogP contribution is 2.25. The number of aromatic nitrogens is 1. The van der Waals surface area contributed by atoms with E-state index in [1.807, 2.05) is 0 Å². The van der Waals surface area contributed by atoms with E-state index in [2.05, 4.69) is 22.2 Å². The third-order valence-corrected chi connectivity index (χ3v) is 5.00. The van der Waals surface area contributed by atoms with Crippen molar-refractivity contribution in [2.75, 3.05) is 17.2 Å². The van der Waals surface area contributed by atoms with Gasteiger partial charge in [0, 0.05) is 12.6 Å². The first-order chi connectivity index (χ1) is 16.3. The van der Waals surface area contributed by atoms with Crippen molar-refractivity contribution in [3.8, 4) is 0 Å². The zero-order valence-corrected chi connectivity index (χ0v) is 20.7. The highest BCUT2D eigenvalue weighted by atomic mass is 19.1. The average molecular weight is 491 g/mol. The van der Waals surface area contributed by atoms with Gasteiger partial charge in [0.1, 0.15) is 17.2 Å². The Morgan fingerprint density at radius 3 is 2.49 bits per heavy atom. The maximum absolute atomic E-state index is 13.9. The summed E-state index contributed by atoms with van der Waals surface area (Å²) in [5.74, 6) is -2.95. The Morgan fingerprint density at radius 2 is 1.89 bits per heavy atom. The Labute approximate surface area is 204 Å². The molecule has 0 bridgehead atoms. The summed E-state index contributed by atoms with van der Waals surface area (Å²) in [5.41, 5.74) is 0.407. The van der Waals surface area contributed by atoms with Crippen molar-refractivity contribution in [3.05, 3.63) is 53.8 Å². The van der Waals surface area contributed by atoms with E-state index in [0.717, 1.165) is 25.5 Å². The number of carbonyl (C=O) groups is 3. The summed E-state index contributed by atoms with van der Waals surface area (Å²) in [4.78, 5) is 43.0. The molecule has 1 fully saturated rings. The van der Waals surface area contributed by atoms with E-state index in [1.54, 1.807) is 33.8 Å². The van der Waals surface area contributed by atoms with Gasteiger partial charge in [0.05, 0.1) is 23.8 Å². The molecule has 1 aliphatic rings. The molecule has 0 spiro atoms. The van der Waals surface area contributed by atoms with Gasteiger partial charge in [-0.25, -0.2) is 18.6 Å². The van der Waals surface area contributed by atoms with Crippen molar-refractivity contribution in [1.29, 1.82) is 0 Å². The molecule has 2 N–H and O–H groups in total. The van der Waals surface area contributed by atoms with Gasteiger partial charge in [0.15, 0.2) is 0 Å². The molecule has 0 aromatic carbocycles. The predicted octanol–water partition coefficient (Wildman–Crippen LogP) is 5.34. The van der Waals surface area contributed by atoms with Crippen LogP contribution in [0.1, 0.15) is 52.5 Å². The lowest BCUT2D eigenvalue weighted by Gasteiger charge is -2.35. The predicted molar refractivity (Wildman–Crippen MR) is 130 cm³/mol. The van der Waals surface area contributed by atoms with Gasteiger partial charge in [0.2, 0.25) is 0 Å². The summed E-state index contributed by atoms with van der Waals surface area (Å²) in [6.45, 7) is 12.1. The summed E-state index contributed by atoms with van der Waals surface area (Å²) < 4.78 is 32.1. The Bertz CT molecular complexity index is 1060. The molecule has 2 heterocycles. The molecule has 3 amide bonds. The second kappa shape index (κ2) is 11.7. The summed E-state index contributed by atoms with van der Waals surface area (Å²) in [6.07, 6.45) is 4.40.